The largest absolute Gasteiger partial charge is 0.325 e. The van der Waals surface area contributed by atoms with Crippen LogP contribution in [0.25, 0.3) is 6.08 Å². The number of hydrogen-bond acceptors (Lipinski definition) is 2. The zero-order valence-electron chi connectivity index (χ0n) is 16.4. The third-order valence-corrected chi connectivity index (χ3v) is 5.41. The maximum absolute atomic E-state index is 14.2. The number of benzene rings is 2. The number of nitrogens with one attached hydrogen (secondary N) is 1. The molecular weight excluding hydrogens is 395 g/mol. The van der Waals surface area contributed by atoms with Gasteiger partial charge in [0.05, 0.1) is 6.16 Å². The fourth-order valence-corrected chi connectivity index (χ4v) is 3.52. The van der Waals surface area contributed by atoms with E-state index in [2.05, 4.69) is 17.4 Å². The number of rotatable bonds is 12. The average molecular weight is 423 g/mol. The van der Waals surface area contributed by atoms with Crippen LogP contribution in [0.2, 0.25) is 0 Å². The highest BCUT2D eigenvalue weighted by Gasteiger charge is 2.12. The Morgan fingerprint density at radius 1 is 1.00 bits per heavy atom. The summed E-state index contributed by atoms with van der Waals surface area (Å²) in [5.74, 6) is -0.989. The van der Waals surface area contributed by atoms with Crippen molar-refractivity contribution in [1.82, 2.24) is 5.32 Å². The number of aryl methyl sites for hydroxylation is 1. The van der Waals surface area contributed by atoms with Crippen molar-refractivity contribution in [1.29, 1.82) is 0 Å². The van der Waals surface area contributed by atoms with Crippen LogP contribution in [-0.2, 0) is 17.5 Å². The van der Waals surface area contributed by atoms with Gasteiger partial charge in [-0.15, -0.1) is 0 Å². The topological polar surface area (TPSA) is 69.6 Å². The van der Waals surface area contributed by atoms with Crippen LogP contribution in [0.3, 0.4) is 0 Å². The Hall–Kier alpha value is -1.85. The van der Waals surface area contributed by atoms with E-state index in [0.717, 1.165) is 25.7 Å². The molecule has 0 saturated carbocycles. The molecule has 0 radical (unpaired) electrons. The lowest BCUT2D eigenvalue weighted by molar-refractivity contribution is 0.371. The Morgan fingerprint density at radius 3 is 2.48 bits per heavy atom. The molecule has 7 heteroatoms. The normalized spacial score (nSPS) is 12.0. The molecule has 0 aliphatic rings. The molecule has 29 heavy (non-hydrogen) atoms. The molecule has 0 fully saturated rings. The molecule has 0 heterocycles. The van der Waals surface area contributed by atoms with E-state index in [1.807, 2.05) is 24.3 Å². The van der Waals surface area contributed by atoms with Gasteiger partial charge in [-0.25, -0.2) is 8.78 Å². The van der Waals surface area contributed by atoms with E-state index < -0.39 is 19.2 Å². The minimum absolute atomic E-state index is 0.105. The van der Waals surface area contributed by atoms with Gasteiger partial charge in [0.25, 0.3) is 0 Å². The molecule has 0 unspecified atom stereocenters. The van der Waals surface area contributed by atoms with Crippen LogP contribution >= 0.6 is 7.60 Å². The quantitative estimate of drug-likeness (QED) is 0.330. The van der Waals surface area contributed by atoms with Crippen LogP contribution in [0.15, 0.2) is 48.5 Å². The molecule has 0 saturated heterocycles. The summed E-state index contributed by atoms with van der Waals surface area (Å²) in [4.78, 5) is 17.6. The summed E-state index contributed by atoms with van der Waals surface area (Å²) in [6, 6.07) is 12.6. The number of halogens is 2. The van der Waals surface area contributed by atoms with Gasteiger partial charge in [-0.1, -0.05) is 42.5 Å². The molecule has 0 aliphatic carbocycles. The van der Waals surface area contributed by atoms with Gasteiger partial charge >= 0.3 is 7.60 Å². The molecule has 0 aromatic heterocycles. The first kappa shape index (κ1) is 23.4. The van der Waals surface area contributed by atoms with Crippen molar-refractivity contribution in [2.45, 2.75) is 38.6 Å². The zero-order chi connectivity index (χ0) is 21.1. The van der Waals surface area contributed by atoms with Gasteiger partial charge in [0.15, 0.2) is 0 Å². The number of unbranched alkanes of at least 4 members (excludes halogenated alkanes) is 2. The van der Waals surface area contributed by atoms with Crippen LogP contribution in [0.5, 0.6) is 0 Å². The maximum Gasteiger partial charge on any atom is 0.325 e. The maximum atomic E-state index is 14.2. The fraction of sp³-hybridized carbons (Fsp3) is 0.364. The van der Waals surface area contributed by atoms with Gasteiger partial charge in [-0.3, -0.25) is 4.57 Å². The van der Waals surface area contributed by atoms with Crippen LogP contribution in [0, 0.1) is 11.6 Å². The summed E-state index contributed by atoms with van der Waals surface area (Å²) < 4.78 is 39.2. The van der Waals surface area contributed by atoms with E-state index in [-0.39, 0.29) is 30.3 Å². The van der Waals surface area contributed by atoms with E-state index in [1.54, 1.807) is 6.08 Å². The summed E-state index contributed by atoms with van der Waals surface area (Å²) in [5, 5.41) is 2.87. The van der Waals surface area contributed by atoms with Crippen molar-refractivity contribution in [3.8, 4) is 0 Å². The van der Waals surface area contributed by atoms with Gasteiger partial charge in [0.2, 0.25) is 0 Å². The van der Waals surface area contributed by atoms with Gasteiger partial charge < -0.3 is 15.1 Å². The Bertz CT molecular complexity index is 837. The molecule has 0 spiro atoms. The van der Waals surface area contributed by atoms with E-state index in [9.17, 15) is 13.3 Å². The predicted octanol–water partition coefficient (Wildman–Crippen LogP) is 5.05. The molecule has 0 amide bonds. The van der Waals surface area contributed by atoms with Crippen LogP contribution in [0.1, 0.15) is 42.4 Å². The summed E-state index contributed by atoms with van der Waals surface area (Å²) in [7, 11) is -4.02. The Balaban J connectivity index is 1.74. The van der Waals surface area contributed by atoms with Crippen molar-refractivity contribution in [2.24, 2.45) is 0 Å². The van der Waals surface area contributed by atoms with Crippen molar-refractivity contribution in [3.63, 3.8) is 0 Å². The predicted molar refractivity (Wildman–Crippen MR) is 113 cm³/mol. The molecule has 0 aliphatic heterocycles. The molecule has 0 atom stereocenters. The van der Waals surface area contributed by atoms with Crippen LogP contribution in [0.4, 0.5) is 8.78 Å². The van der Waals surface area contributed by atoms with Crippen LogP contribution < -0.4 is 5.32 Å². The summed E-state index contributed by atoms with van der Waals surface area (Å²) in [5.41, 5.74) is 1.71. The molecular formula is C22H28F2NO3P. The first-order valence-corrected chi connectivity index (χ1v) is 11.6. The lowest BCUT2D eigenvalue weighted by Crippen LogP contribution is -2.17. The monoisotopic (exact) mass is 423 g/mol. The lowest BCUT2D eigenvalue weighted by atomic mass is 10.1. The second kappa shape index (κ2) is 12.0. The summed E-state index contributed by atoms with van der Waals surface area (Å²) >= 11 is 0. The van der Waals surface area contributed by atoms with E-state index in [0.29, 0.717) is 6.54 Å². The second-order valence-corrected chi connectivity index (χ2v) is 8.79. The summed E-state index contributed by atoms with van der Waals surface area (Å²) in [6.45, 7) is 0.421. The van der Waals surface area contributed by atoms with Crippen molar-refractivity contribution >= 4 is 13.7 Å². The van der Waals surface area contributed by atoms with Crippen molar-refractivity contribution in [3.05, 3.63) is 76.9 Å². The third kappa shape index (κ3) is 9.46. The summed E-state index contributed by atoms with van der Waals surface area (Å²) in [6.07, 6.45) is 7.33. The minimum atomic E-state index is -4.02. The third-order valence-electron chi connectivity index (χ3n) is 4.51. The Kier molecular flexibility index (Phi) is 9.68. The molecule has 158 valence electrons. The highest BCUT2D eigenvalue weighted by Crippen LogP contribution is 2.34. The van der Waals surface area contributed by atoms with Crippen molar-refractivity contribution in [2.75, 3.05) is 12.7 Å². The molecule has 2 aromatic carbocycles. The molecule has 2 rings (SSSR count). The van der Waals surface area contributed by atoms with Crippen molar-refractivity contribution < 1.29 is 23.1 Å². The van der Waals surface area contributed by atoms with E-state index >= 15 is 0 Å². The lowest BCUT2D eigenvalue weighted by Gasteiger charge is -2.08. The van der Waals surface area contributed by atoms with E-state index in [1.165, 1.54) is 17.7 Å². The Labute approximate surface area is 170 Å². The van der Waals surface area contributed by atoms with Crippen LogP contribution in [-0.4, -0.2) is 22.5 Å². The first-order valence-electron chi connectivity index (χ1n) is 9.79. The van der Waals surface area contributed by atoms with Gasteiger partial charge in [-0.2, -0.15) is 0 Å². The fourth-order valence-electron chi connectivity index (χ4n) is 2.95. The first-order chi connectivity index (χ1) is 13.8. The highest BCUT2D eigenvalue weighted by atomic mass is 31.2. The standard InChI is InChI=1S/C22H28F2NO3P/c23-21-16-20(17-25-13-8-14-29(26,27)28)22(24)15-19(21)12-7-2-1-4-9-18-10-5-3-6-11-18/h3,5-7,10-12,15-16,25H,1-2,4,8-9,13-14,17H2,(H2,26,27,28)/b12-7+. The average Bonchev–Trinajstić information content (AvgIpc) is 2.67. The van der Waals surface area contributed by atoms with E-state index in [4.69, 9.17) is 9.79 Å². The zero-order valence-corrected chi connectivity index (χ0v) is 17.3. The van der Waals surface area contributed by atoms with Gasteiger partial charge in [0.1, 0.15) is 11.6 Å². The number of allylic oxidation sites excluding steroid dienone is 1. The smallest absolute Gasteiger partial charge is 0.324 e. The minimum Gasteiger partial charge on any atom is -0.324 e. The van der Waals surface area contributed by atoms with Gasteiger partial charge in [-0.05, 0) is 56.3 Å². The Morgan fingerprint density at radius 2 is 1.76 bits per heavy atom. The molecule has 3 N–H and O–H groups in total. The van der Waals surface area contributed by atoms with Gasteiger partial charge in [0, 0.05) is 17.7 Å². The highest BCUT2D eigenvalue weighted by molar-refractivity contribution is 7.51. The molecule has 0 bridgehead atoms. The molecule has 2 aromatic rings. The number of hydrogen-bond donors (Lipinski definition) is 3. The second-order valence-electron chi connectivity index (χ2n) is 7.02. The molecule has 4 nitrogen and oxygen atoms in total. The SMILES string of the molecule is O=P(O)(O)CCCNCc1cc(F)c(/C=C/CCCCc2ccccc2)cc1F.